The van der Waals surface area contributed by atoms with Crippen molar-refractivity contribution in [1.29, 1.82) is 0 Å². The molecule has 3 heterocycles. The number of hydrogen-bond donors (Lipinski definition) is 1. The zero-order valence-electron chi connectivity index (χ0n) is 12.9. The van der Waals surface area contributed by atoms with Gasteiger partial charge >= 0.3 is 0 Å². The standard InChI is InChI=1S/C18H20FN3O/c19-15-1-3-17(4-2-15)23-18-6-16(9-21-10-18)22-11-13-5-14(12-22)8-20-7-13/h1-4,6,9-10,13-14,20H,5,7-8,11-12H2. The van der Waals surface area contributed by atoms with E-state index in [4.69, 9.17) is 4.74 Å². The number of fused-ring (bicyclic) bond motifs is 2. The maximum absolute atomic E-state index is 13.0. The molecule has 1 N–H and O–H groups in total. The average molecular weight is 313 g/mol. The van der Waals surface area contributed by atoms with Crippen molar-refractivity contribution < 1.29 is 9.13 Å². The van der Waals surface area contributed by atoms with Crippen LogP contribution in [-0.4, -0.2) is 31.2 Å². The fourth-order valence-corrected chi connectivity index (χ4v) is 3.59. The summed E-state index contributed by atoms with van der Waals surface area (Å²) in [4.78, 5) is 6.72. The second kappa shape index (κ2) is 6.16. The van der Waals surface area contributed by atoms with Gasteiger partial charge in [0.2, 0.25) is 0 Å². The van der Waals surface area contributed by atoms with Crippen LogP contribution in [0.3, 0.4) is 0 Å². The fraction of sp³-hybridized carbons (Fsp3) is 0.389. The number of pyridine rings is 1. The summed E-state index contributed by atoms with van der Waals surface area (Å²) in [5.41, 5.74) is 1.10. The van der Waals surface area contributed by atoms with Gasteiger partial charge in [-0.2, -0.15) is 0 Å². The second-order valence-electron chi connectivity index (χ2n) is 6.47. The van der Waals surface area contributed by atoms with Crippen molar-refractivity contribution in [2.45, 2.75) is 6.42 Å². The lowest BCUT2D eigenvalue weighted by atomic mass is 9.85. The van der Waals surface area contributed by atoms with Crippen LogP contribution in [0.5, 0.6) is 11.5 Å². The minimum Gasteiger partial charge on any atom is -0.456 e. The number of benzene rings is 1. The first-order valence-electron chi connectivity index (χ1n) is 8.10. The molecule has 2 atom stereocenters. The quantitative estimate of drug-likeness (QED) is 0.945. The zero-order chi connectivity index (χ0) is 15.6. The van der Waals surface area contributed by atoms with Gasteiger partial charge in [-0.15, -0.1) is 0 Å². The van der Waals surface area contributed by atoms with Gasteiger partial charge in [0.05, 0.1) is 18.1 Å². The molecule has 0 radical (unpaired) electrons. The third kappa shape index (κ3) is 3.29. The van der Waals surface area contributed by atoms with Gasteiger partial charge in [-0.3, -0.25) is 4.98 Å². The van der Waals surface area contributed by atoms with Crippen LogP contribution in [0, 0.1) is 17.7 Å². The van der Waals surface area contributed by atoms with E-state index in [0.717, 1.165) is 31.9 Å². The Balaban J connectivity index is 1.50. The van der Waals surface area contributed by atoms with E-state index in [0.29, 0.717) is 23.3 Å². The van der Waals surface area contributed by atoms with Gasteiger partial charge in [-0.05, 0) is 55.6 Å². The van der Waals surface area contributed by atoms with E-state index in [1.54, 1.807) is 18.3 Å². The number of aromatic nitrogens is 1. The number of nitrogens with zero attached hydrogens (tertiary/aromatic N) is 2. The topological polar surface area (TPSA) is 37.4 Å². The van der Waals surface area contributed by atoms with Gasteiger partial charge in [-0.25, -0.2) is 4.39 Å². The number of ether oxygens (including phenoxy) is 1. The fourth-order valence-electron chi connectivity index (χ4n) is 3.59. The molecule has 0 saturated carbocycles. The smallest absolute Gasteiger partial charge is 0.147 e. The van der Waals surface area contributed by atoms with Crippen molar-refractivity contribution in [2.75, 3.05) is 31.1 Å². The number of nitrogens with one attached hydrogen (secondary N) is 1. The molecule has 1 aromatic carbocycles. The Bertz CT molecular complexity index is 664. The van der Waals surface area contributed by atoms with E-state index >= 15 is 0 Å². The van der Waals surface area contributed by atoms with Crippen molar-refractivity contribution in [1.82, 2.24) is 10.3 Å². The Kier molecular flexibility index (Phi) is 3.87. The molecule has 120 valence electrons. The molecular formula is C18H20FN3O. The highest BCUT2D eigenvalue weighted by Gasteiger charge is 2.30. The minimum absolute atomic E-state index is 0.266. The molecule has 1 aromatic heterocycles. The largest absolute Gasteiger partial charge is 0.456 e. The van der Waals surface area contributed by atoms with Gasteiger partial charge in [0.1, 0.15) is 17.3 Å². The van der Waals surface area contributed by atoms with Crippen LogP contribution in [0.4, 0.5) is 10.1 Å². The lowest BCUT2D eigenvalue weighted by molar-refractivity contribution is 0.249. The molecule has 23 heavy (non-hydrogen) atoms. The first kappa shape index (κ1) is 14.5. The Morgan fingerprint density at radius 2 is 1.78 bits per heavy atom. The molecule has 2 aliphatic heterocycles. The maximum atomic E-state index is 13.0. The third-order valence-corrected chi connectivity index (χ3v) is 4.60. The first-order valence-corrected chi connectivity index (χ1v) is 8.10. The molecule has 4 nitrogen and oxygen atoms in total. The number of anilines is 1. The Morgan fingerprint density at radius 3 is 2.52 bits per heavy atom. The van der Waals surface area contributed by atoms with Crippen LogP contribution >= 0.6 is 0 Å². The van der Waals surface area contributed by atoms with Crippen LogP contribution < -0.4 is 15.0 Å². The van der Waals surface area contributed by atoms with Crippen LogP contribution in [0.1, 0.15) is 6.42 Å². The van der Waals surface area contributed by atoms with Gasteiger partial charge in [0.25, 0.3) is 0 Å². The SMILES string of the molecule is Fc1ccc(Oc2cncc(N3CC4CNCC(C4)C3)c2)cc1. The second-order valence-corrected chi connectivity index (χ2v) is 6.47. The van der Waals surface area contributed by atoms with Crippen molar-refractivity contribution in [3.05, 3.63) is 48.5 Å². The molecule has 0 spiro atoms. The summed E-state index contributed by atoms with van der Waals surface area (Å²) in [7, 11) is 0. The molecule has 2 fully saturated rings. The average Bonchev–Trinajstić information content (AvgIpc) is 2.57. The van der Waals surface area contributed by atoms with Gasteiger partial charge in [0, 0.05) is 19.2 Å². The molecule has 5 heteroatoms. The van der Waals surface area contributed by atoms with E-state index in [2.05, 4.69) is 15.2 Å². The summed E-state index contributed by atoms with van der Waals surface area (Å²) < 4.78 is 18.8. The number of hydrogen-bond acceptors (Lipinski definition) is 4. The lowest BCUT2D eigenvalue weighted by Crippen LogP contribution is -2.51. The predicted octanol–water partition coefficient (Wildman–Crippen LogP) is 3.06. The van der Waals surface area contributed by atoms with E-state index in [9.17, 15) is 4.39 Å². The summed E-state index contributed by atoms with van der Waals surface area (Å²) >= 11 is 0. The minimum atomic E-state index is -0.266. The maximum Gasteiger partial charge on any atom is 0.147 e. The highest BCUT2D eigenvalue weighted by molar-refractivity contribution is 5.49. The molecular weight excluding hydrogens is 293 g/mol. The third-order valence-electron chi connectivity index (χ3n) is 4.60. The van der Waals surface area contributed by atoms with Gasteiger partial charge in [0.15, 0.2) is 0 Å². The Labute approximate surface area is 135 Å². The molecule has 2 aromatic rings. The monoisotopic (exact) mass is 313 g/mol. The molecule has 2 unspecified atom stereocenters. The van der Waals surface area contributed by atoms with Gasteiger partial charge in [-0.1, -0.05) is 0 Å². The van der Waals surface area contributed by atoms with Crippen molar-refractivity contribution in [2.24, 2.45) is 11.8 Å². The highest BCUT2D eigenvalue weighted by Crippen LogP contribution is 2.30. The van der Waals surface area contributed by atoms with E-state index in [1.165, 1.54) is 18.6 Å². The lowest BCUT2D eigenvalue weighted by Gasteiger charge is -2.42. The zero-order valence-corrected chi connectivity index (χ0v) is 12.9. The Hall–Kier alpha value is -2.14. The summed E-state index contributed by atoms with van der Waals surface area (Å²) in [6, 6.07) is 8.06. The molecule has 2 bridgehead atoms. The molecule has 0 amide bonds. The normalized spacial score (nSPS) is 23.6. The first-order chi connectivity index (χ1) is 11.3. The highest BCUT2D eigenvalue weighted by atomic mass is 19.1. The number of rotatable bonds is 3. The van der Waals surface area contributed by atoms with Crippen LogP contribution in [-0.2, 0) is 0 Å². The molecule has 4 rings (SSSR count). The summed E-state index contributed by atoms with van der Waals surface area (Å²) in [5, 5.41) is 3.51. The summed E-state index contributed by atoms with van der Waals surface area (Å²) in [6.07, 6.45) is 4.91. The summed E-state index contributed by atoms with van der Waals surface area (Å²) in [5.74, 6) is 2.46. The molecule has 2 aliphatic rings. The van der Waals surface area contributed by atoms with Crippen LogP contribution in [0.2, 0.25) is 0 Å². The number of halogens is 1. The van der Waals surface area contributed by atoms with Crippen LogP contribution in [0.15, 0.2) is 42.7 Å². The van der Waals surface area contributed by atoms with Crippen LogP contribution in [0.25, 0.3) is 0 Å². The van der Waals surface area contributed by atoms with Gasteiger partial charge < -0.3 is 15.0 Å². The number of piperidine rings is 2. The van der Waals surface area contributed by atoms with E-state index < -0.39 is 0 Å². The Morgan fingerprint density at radius 1 is 1.04 bits per heavy atom. The van der Waals surface area contributed by atoms with Crippen molar-refractivity contribution in [3.63, 3.8) is 0 Å². The molecule has 2 saturated heterocycles. The van der Waals surface area contributed by atoms with Crippen molar-refractivity contribution in [3.8, 4) is 11.5 Å². The van der Waals surface area contributed by atoms with Crippen molar-refractivity contribution >= 4 is 5.69 Å². The predicted molar refractivity (Wildman–Crippen MR) is 87.4 cm³/mol. The van der Waals surface area contributed by atoms with E-state index in [-0.39, 0.29) is 5.82 Å². The summed E-state index contributed by atoms with van der Waals surface area (Å²) in [6.45, 7) is 4.33. The molecule has 0 aliphatic carbocycles. The van der Waals surface area contributed by atoms with E-state index in [1.807, 2.05) is 12.3 Å².